The zero-order valence-corrected chi connectivity index (χ0v) is 6.17. The fourth-order valence-corrected chi connectivity index (χ4v) is 1.17. The molecule has 1 unspecified atom stereocenters. The molecule has 52 valence electrons. The molecule has 1 heterocycles. The van der Waals surface area contributed by atoms with E-state index in [4.69, 9.17) is 0 Å². The Balaban J connectivity index is 2.39. The molecule has 2 heteroatoms. The van der Waals surface area contributed by atoms with Gasteiger partial charge in [-0.05, 0) is 13.0 Å². The van der Waals surface area contributed by atoms with Crippen molar-refractivity contribution >= 4 is 6.21 Å². The first-order chi connectivity index (χ1) is 4.38. The van der Waals surface area contributed by atoms with E-state index in [1.807, 2.05) is 0 Å². The minimum atomic E-state index is 0.620. The largest absolute Gasteiger partial charge is 0.280 e. The van der Waals surface area contributed by atoms with Gasteiger partial charge in [-0.25, -0.2) is 0 Å². The topological polar surface area (TPSA) is 15.6 Å². The van der Waals surface area contributed by atoms with Gasteiger partial charge in [0.05, 0.1) is 6.67 Å². The van der Waals surface area contributed by atoms with E-state index < -0.39 is 0 Å². The molecule has 0 radical (unpaired) electrons. The lowest BCUT2D eigenvalue weighted by molar-refractivity contribution is 0.282. The summed E-state index contributed by atoms with van der Waals surface area (Å²) in [6, 6.07) is 0.620. The average molecular weight is 126 g/mol. The van der Waals surface area contributed by atoms with Crippen LogP contribution in [0.4, 0.5) is 0 Å². The minimum Gasteiger partial charge on any atom is -0.280 e. The molecule has 2 nitrogen and oxygen atoms in total. The highest BCUT2D eigenvalue weighted by molar-refractivity contribution is 5.66. The Kier molecular flexibility index (Phi) is 2.22. The first-order valence-corrected chi connectivity index (χ1v) is 3.62. The molecule has 0 aromatic heterocycles. The molecular weight excluding hydrogens is 112 g/mol. The third kappa shape index (κ3) is 1.30. The predicted octanol–water partition coefficient (Wildman–Crippen LogP) is 1.13. The van der Waals surface area contributed by atoms with E-state index in [1.54, 1.807) is 0 Å². The quantitative estimate of drug-likeness (QED) is 0.541. The first-order valence-electron chi connectivity index (χ1n) is 3.62. The first kappa shape index (κ1) is 6.75. The van der Waals surface area contributed by atoms with E-state index >= 15 is 0 Å². The molecule has 0 aromatic carbocycles. The van der Waals surface area contributed by atoms with Crippen LogP contribution in [0, 0.1) is 0 Å². The SMILES string of the molecule is CCC1C=NCN1CC. The van der Waals surface area contributed by atoms with Gasteiger partial charge in [0, 0.05) is 12.3 Å². The van der Waals surface area contributed by atoms with Crippen molar-refractivity contribution in [2.24, 2.45) is 4.99 Å². The number of nitrogens with zero attached hydrogens (tertiary/aromatic N) is 2. The summed E-state index contributed by atoms with van der Waals surface area (Å²) in [5, 5.41) is 0. The molecule has 1 atom stereocenters. The van der Waals surface area contributed by atoms with Gasteiger partial charge >= 0.3 is 0 Å². The molecule has 1 aliphatic rings. The molecule has 1 rings (SSSR count). The third-order valence-corrected chi connectivity index (χ3v) is 1.83. The fraction of sp³-hybridized carbons (Fsp3) is 0.857. The number of aliphatic imine (C=N–C) groups is 1. The number of hydrogen-bond acceptors (Lipinski definition) is 2. The fourth-order valence-electron chi connectivity index (χ4n) is 1.17. The van der Waals surface area contributed by atoms with Crippen LogP contribution >= 0.6 is 0 Å². The number of hydrogen-bond donors (Lipinski definition) is 0. The van der Waals surface area contributed by atoms with Crippen LogP contribution in [0.3, 0.4) is 0 Å². The van der Waals surface area contributed by atoms with Crippen molar-refractivity contribution in [3.8, 4) is 0 Å². The van der Waals surface area contributed by atoms with Crippen molar-refractivity contribution in [1.29, 1.82) is 0 Å². The molecule has 1 aliphatic heterocycles. The highest BCUT2D eigenvalue weighted by Gasteiger charge is 2.15. The summed E-state index contributed by atoms with van der Waals surface area (Å²) in [7, 11) is 0. The maximum Gasteiger partial charge on any atom is 0.0911 e. The van der Waals surface area contributed by atoms with Gasteiger partial charge in [0.2, 0.25) is 0 Å². The third-order valence-electron chi connectivity index (χ3n) is 1.83. The Labute approximate surface area is 56.6 Å². The maximum atomic E-state index is 4.19. The molecular formula is C7H14N2. The summed E-state index contributed by atoms with van der Waals surface area (Å²) in [6.07, 6.45) is 3.25. The van der Waals surface area contributed by atoms with Gasteiger partial charge in [-0.2, -0.15) is 0 Å². The van der Waals surface area contributed by atoms with Gasteiger partial charge < -0.3 is 0 Å². The van der Waals surface area contributed by atoms with Crippen molar-refractivity contribution in [3.63, 3.8) is 0 Å². The van der Waals surface area contributed by atoms with Crippen LogP contribution in [0.1, 0.15) is 20.3 Å². The summed E-state index contributed by atoms with van der Waals surface area (Å²) in [5.74, 6) is 0. The molecule has 0 aliphatic carbocycles. The molecule has 0 aromatic rings. The van der Waals surface area contributed by atoms with Crippen LogP contribution < -0.4 is 0 Å². The van der Waals surface area contributed by atoms with Crippen LogP contribution in [0.25, 0.3) is 0 Å². The summed E-state index contributed by atoms with van der Waals surface area (Å²) in [6.45, 7) is 6.41. The second-order valence-corrected chi connectivity index (χ2v) is 2.35. The lowest BCUT2D eigenvalue weighted by Crippen LogP contribution is -2.30. The summed E-state index contributed by atoms with van der Waals surface area (Å²) >= 11 is 0. The van der Waals surface area contributed by atoms with Crippen LogP contribution in [0.15, 0.2) is 4.99 Å². The molecule has 0 N–H and O–H groups in total. The van der Waals surface area contributed by atoms with E-state index in [0.29, 0.717) is 6.04 Å². The molecule has 0 saturated heterocycles. The van der Waals surface area contributed by atoms with Gasteiger partial charge in [0.1, 0.15) is 0 Å². The summed E-state index contributed by atoms with van der Waals surface area (Å²) in [5.41, 5.74) is 0. The zero-order valence-electron chi connectivity index (χ0n) is 6.17. The van der Waals surface area contributed by atoms with Crippen molar-refractivity contribution in [3.05, 3.63) is 0 Å². The Morgan fingerprint density at radius 1 is 1.67 bits per heavy atom. The second kappa shape index (κ2) is 2.97. The highest BCUT2D eigenvalue weighted by atomic mass is 15.3. The standard InChI is InChI=1S/C7H14N2/c1-3-7-5-8-6-9(7)4-2/h5,7H,3-4,6H2,1-2H3. The second-order valence-electron chi connectivity index (χ2n) is 2.35. The van der Waals surface area contributed by atoms with Crippen molar-refractivity contribution < 1.29 is 0 Å². The van der Waals surface area contributed by atoms with Gasteiger partial charge in [-0.3, -0.25) is 9.89 Å². The van der Waals surface area contributed by atoms with Crippen molar-refractivity contribution in [1.82, 2.24) is 4.90 Å². The Hall–Kier alpha value is -0.370. The van der Waals surface area contributed by atoms with Crippen LogP contribution in [0.5, 0.6) is 0 Å². The molecule has 0 bridgehead atoms. The van der Waals surface area contributed by atoms with Gasteiger partial charge in [-0.1, -0.05) is 13.8 Å². The lowest BCUT2D eigenvalue weighted by atomic mass is 10.2. The van der Waals surface area contributed by atoms with Crippen molar-refractivity contribution in [2.75, 3.05) is 13.2 Å². The average Bonchev–Trinajstić information content (AvgIpc) is 2.33. The molecule has 0 amide bonds. The number of rotatable bonds is 2. The van der Waals surface area contributed by atoms with Crippen LogP contribution in [0.2, 0.25) is 0 Å². The predicted molar refractivity (Wildman–Crippen MR) is 39.8 cm³/mol. The minimum absolute atomic E-state index is 0.620. The lowest BCUT2D eigenvalue weighted by Gasteiger charge is -2.18. The Bertz CT molecular complexity index is 109. The summed E-state index contributed by atoms with van der Waals surface area (Å²) < 4.78 is 0. The van der Waals surface area contributed by atoms with E-state index in [0.717, 1.165) is 13.2 Å². The smallest absolute Gasteiger partial charge is 0.0911 e. The summed E-state index contributed by atoms with van der Waals surface area (Å²) in [4.78, 5) is 6.55. The van der Waals surface area contributed by atoms with E-state index in [2.05, 4.69) is 30.0 Å². The van der Waals surface area contributed by atoms with Crippen LogP contribution in [-0.2, 0) is 0 Å². The van der Waals surface area contributed by atoms with Crippen LogP contribution in [-0.4, -0.2) is 30.4 Å². The zero-order chi connectivity index (χ0) is 6.69. The van der Waals surface area contributed by atoms with Gasteiger partial charge in [0.25, 0.3) is 0 Å². The van der Waals surface area contributed by atoms with Gasteiger partial charge in [-0.15, -0.1) is 0 Å². The van der Waals surface area contributed by atoms with E-state index in [9.17, 15) is 0 Å². The Morgan fingerprint density at radius 3 is 2.89 bits per heavy atom. The molecule has 0 saturated carbocycles. The molecule has 0 fully saturated rings. The van der Waals surface area contributed by atoms with E-state index in [-0.39, 0.29) is 0 Å². The van der Waals surface area contributed by atoms with Crippen molar-refractivity contribution in [2.45, 2.75) is 26.3 Å². The monoisotopic (exact) mass is 126 g/mol. The molecule has 9 heavy (non-hydrogen) atoms. The van der Waals surface area contributed by atoms with E-state index in [1.165, 1.54) is 6.42 Å². The highest BCUT2D eigenvalue weighted by Crippen LogP contribution is 2.06. The van der Waals surface area contributed by atoms with Gasteiger partial charge in [0.15, 0.2) is 0 Å². The molecule has 0 spiro atoms. The normalized spacial score (nSPS) is 27.6. The Morgan fingerprint density at radius 2 is 2.44 bits per heavy atom. The maximum absolute atomic E-state index is 4.19.